The van der Waals surface area contributed by atoms with E-state index in [2.05, 4.69) is 43.9 Å². The fourth-order valence-corrected chi connectivity index (χ4v) is 3.96. The largest absolute Gasteiger partial charge is 0.378 e. The summed E-state index contributed by atoms with van der Waals surface area (Å²) in [4.78, 5) is 18.0. The van der Waals surface area contributed by atoms with Crippen LogP contribution in [0.5, 0.6) is 0 Å². The Hall–Kier alpha value is -3.85. The van der Waals surface area contributed by atoms with Gasteiger partial charge in [-0.1, -0.05) is 6.07 Å². The SMILES string of the molecule is C[C@@H](c1ccc(-n2cc(F)cn2)nc1)N(C)c1ccc(-c2ccnc(N3CCOCC3)c2)cn1. The Morgan fingerprint density at radius 2 is 1.79 bits per heavy atom. The number of pyridine rings is 3. The predicted molar refractivity (Wildman–Crippen MR) is 129 cm³/mol. The fourth-order valence-electron chi connectivity index (χ4n) is 3.96. The van der Waals surface area contributed by atoms with Crippen molar-refractivity contribution < 1.29 is 9.13 Å². The molecule has 0 radical (unpaired) electrons. The van der Waals surface area contributed by atoms with Gasteiger partial charge in [-0.15, -0.1) is 0 Å². The fraction of sp³-hybridized carbons (Fsp3) is 0.280. The van der Waals surface area contributed by atoms with Crippen molar-refractivity contribution in [1.29, 1.82) is 0 Å². The van der Waals surface area contributed by atoms with Crippen LogP contribution in [0.25, 0.3) is 16.9 Å². The molecule has 4 aromatic rings. The molecule has 0 aliphatic carbocycles. The molecular formula is C25H26FN7O. The van der Waals surface area contributed by atoms with Gasteiger partial charge in [0.1, 0.15) is 11.6 Å². The molecule has 1 fully saturated rings. The normalized spacial score (nSPS) is 14.7. The van der Waals surface area contributed by atoms with Crippen LogP contribution < -0.4 is 9.80 Å². The van der Waals surface area contributed by atoms with Crippen LogP contribution in [0.4, 0.5) is 16.0 Å². The molecule has 8 nitrogen and oxygen atoms in total. The van der Waals surface area contributed by atoms with E-state index >= 15 is 0 Å². The molecule has 5 rings (SSSR count). The lowest BCUT2D eigenvalue weighted by Gasteiger charge is -2.28. The van der Waals surface area contributed by atoms with Gasteiger partial charge < -0.3 is 14.5 Å². The number of nitrogens with zero attached hydrogens (tertiary/aromatic N) is 7. The van der Waals surface area contributed by atoms with E-state index in [0.29, 0.717) is 5.82 Å². The van der Waals surface area contributed by atoms with E-state index in [1.165, 1.54) is 10.9 Å². The molecule has 1 aliphatic rings. The summed E-state index contributed by atoms with van der Waals surface area (Å²) in [5, 5.41) is 3.95. The minimum Gasteiger partial charge on any atom is -0.378 e. The quantitative estimate of drug-likeness (QED) is 0.433. The third-order valence-corrected chi connectivity index (χ3v) is 6.14. The lowest BCUT2D eigenvalue weighted by atomic mass is 10.1. The molecule has 1 saturated heterocycles. The van der Waals surface area contributed by atoms with Crippen molar-refractivity contribution in [2.45, 2.75) is 13.0 Å². The van der Waals surface area contributed by atoms with E-state index in [1.807, 2.05) is 43.7 Å². The van der Waals surface area contributed by atoms with Crippen LogP contribution in [0.2, 0.25) is 0 Å². The third-order valence-electron chi connectivity index (χ3n) is 6.14. The molecule has 0 amide bonds. The Labute approximate surface area is 197 Å². The third kappa shape index (κ3) is 4.60. The minimum absolute atomic E-state index is 0.0445. The van der Waals surface area contributed by atoms with Crippen LogP contribution >= 0.6 is 0 Å². The van der Waals surface area contributed by atoms with Gasteiger partial charge in [0.05, 0.1) is 31.6 Å². The number of hydrogen-bond donors (Lipinski definition) is 0. The minimum atomic E-state index is -0.391. The molecule has 0 spiro atoms. The monoisotopic (exact) mass is 459 g/mol. The lowest BCUT2D eigenvalue weighted by molar-refractivity contribution is 0.122. The molecule has 9 heteroatoms. The smallest absolute Gasteiger partial charge is 0.161 e. The molecule has 1 aliphatic heterocycles. The van der Waals surface area contributed by atoms with Crippen molar-refractivity contribution in [3.8, 4) is 16.9 Å². The Kier molecular flexibility index (Phi) is 6.18. The molecule has 34 heavy (non-hydrogen) atoms. The first-order valence-electron chi connectivity index (χ1n) is 11.2. The molecule has 0 aromatic carbocycles. The van der Waals surface area contributed by atoms with Crippen LogP contribution in [0, 0.1) is 5.82 Å². The zero-order valence-electron chi connectivity index (χ0n) is 19.2. The maximum absolute atomic E-state index is 13.2. The molecule has 1 atom stereocenters. The molecule has 174 valence electrons. The molecule has 5 heterocycles. The number of hydrogen-bond acceptors (Lipinski definition) is 7. The number of halogens is 1. The summed E-state index contributed by atoms with van der Waals surface area (Å²) >= 11 is 0. The molecule has 0 N–H and O–H groups in total. The number of aromatic nitrogens is 5. The van der Waals surface area contributed by atoms with Gasteiger partial charge in [0.2, 0.25) is 0 Å². The van der Waals surface area contributed by atoms with Gasteiger partial charge in [0.15, 0.2) is 11.6 Å². The van der Waals surface area contributed by atoms with Crippen molar-refractivity contribution in [2.75, 3.05) is 43.2 Å². The van der Waals surface area contributed by atoms with Crippen LogP contribution in [-0.4, -0.2) is 58.1 Å². The standard InChI is InChI=1S/C25H26FN7O/c1-18(20-3-6-24(29-14-20)33-17-22(26)16-30-33)31(2)23-5-4-21(15-28-23)19-7-8-27-25(13-19)32-9-11-34-12-10-32/h3-8,13-18H,9-12H2,1-2H3/t18-/m0/s1. The zero-order chi connectivity index (χ0) is 23.5. The van der Waals surface area contributed by atoms with Crippen molar-refractivity contribution in [1.82, 2.24) is 24.7 Å². The first-order chi connectivity index (χ1) is 16.6. The van der Waals surface area contributed by atoms with Crippen molar-refractivity contribution in [3.05, 3.63) is 78.8 Å². The summed E-state index contributed by atoms with van der Waals surface area (Å²) in [6.45, 7) is 5.26. The Bertz CT molecular complexity index is 1240. The van der Waals surface area contributed by atoms with E-state index < -0.39 is 5.82 Å². The van der Waals surface area contributed by atoms with E-state index in [9.17, 15) is 4.39 Å². The first-order valence-corrected chi connectivity index (χ1v) is 11.2. The van der Waals surface area contributed by atoms with Crippen molar-refractivity contribution >= 4 is 11.6 Å². The highest BCUT2D eigenvalue weighted by atomic mass is 19.1. The predicted octanol–water partition coefficient (Wildman–Crippen LogP) is 3.90. The summed E-state index contributed by atoms with van der Waals surface area (Å²) in [6, 6.07) is 12.1. The molecular weight excluding hydrogens is 433 g/mol. The average molecular weight is 460 g/mol. The molecule has 0 bridgehead atoms. The van der Waals surface area contributed by atoms with Gasteiger partial charge >= 0.3 is 0 Å². The summed E-state index contributed by atoms with van der Waals surface area (Å²) in [6.07, 6.45) is 7.99. The van der Waals surface area contributed by atoms with E-state index in [0.717, 1.165) is 60.8 Å². The highest BCUT2D eigenvalue weighted by molar-refractivity contribution is 5.67. The molecule has 0 unspecified atom stereocenters. The zero-order valence-corrected chi connectivity index (χ0v) is 19.2. The van der Waals surface area contributed by atoms with Crippen LogP contribution in [-0.2, 0) is 4.74 Å². The highest BCUT2D eigenvalue weighted by Gasteiger charge is 2.16. The van der Waals surface area contributed by atoms with Crippen LogP contribution in [0.15, 0.2) is 67.4 Å². The molecule has 0 saturated carbocycles. The maximum Gasteiger partial charge on any atom is 0.161 e. The van der Waals surface area contributed by atoms with Gasteiger partial charge in [-0.25, -0.2) is 24.0 Å². The number of anilines is 2. The van der Waals surface area contributed by atoms with Gasteiger partial charge in [-0.3, -0.25) is 0 Å². The van der Waals surface area contributed by atoms with Gasteiger partial charge in [0, 0.05) is 44.3 Å². The van der Waals surface area contributed by atoms with Crippen molar-refractivity contribution in [2.24, 2.45) is 0 Å². The summed E-state index contributed by atoms with van der Waals surface area (Å²) in [7, 11) is 2.01. The number of morpholine rings is 1. The van der Waals surface area contributed by atoms with Gasteiger partial charge in [-0.2, -0.15) is 5.10 Å². The van der Waals surface area contributed by atoms with Gasteiger partial charge in [0.25, 0.3) is 0 Å². The first kappa shape index (κ1) is 22.0. The van der Waals surface area contributed by atoms with Crippen molar-refractivity contribution in [3.63, 3.8) is 0 Å². The Morgan fingerprint density at radius 3 is 2.47 bits per heavy atom. The number of ether oxygens (including phenoxy) is 1. The van der Waals surface area contributed by atoms with E-state index in [4.69, 9.17) is 9.72 Å². The second-order valence-electron chi connectivity index (χ2n) is 8.25. The van der Waals surface area contributed by atoms with Gasteiger partial charge in [-0.05, 0) is 48.4 Å². The lowest BCUT2D eigenvalue weighted by Crippen LogP contribution is -2.36. The maximum atomic E-state index is 13.2. The second kappa shape index (κ2) is 9.56. The summed E-state index contributed by atoms with van der Waals surface area (Å²) in [5.41, 5.74) is 3.15. The Balaban J connectivity index is 1.29. The second-order valence-corrected chi connectivity index (χ2v) is 8.25. The summed E-state index contributed by atoms with van der Waals surface area (Å²) < 4.78 is 20.1. The Morgan fingerprint density at radius 1 is 0.941 bits per heavy atom. The topological polar surface area (TPSA) is 72.2 Å². The van der Waals surface area contributed by atoms with E-state index in [1.54, 1.807) is 6.20 Å². The van der Waals surface area contributed by atoms with Crippen LogP contribution in [0.3, 0.4) is 0 Å². The number of rotatable bonds is 6. The molecule has 4 aromatic heterocycles. The summed E-state index contributed by atoms with van der Waals surface area (Å²) in [5.74, 6) is 2.00. The van der Waals surface area contributed by atoms with E-state index in [-0.39, 0.29) is 6.04 Å². The van der Waals surface area contributed by atoms with Crippen LogP contribution in [0.1, 0.15) is 18.5 Å². The highest BCUT2D eigenvalue weighted by Crippen LogP contribution is 2.27. The average Bonchev–Trinajstić information content (AvgIpc) is 3.35.